The molecule has 3 nitrogen and oxygen atoms in total. The summed E-state index contributed by atoms with van der Waals surface area (Å²) in [7, 11) is 0. The van der Waals surface area contributed by atoms with Crippen molar-refractivity contribution in [2.45, 2.75) is 36.1 Å². The molecule has 6 rings (SSSR count). The van der Waals surface area contributed by atoms with Crippen LogP contribution < -0.4 is 0 Å². The average Bonchev–Trinajstić information content (AvgIpc) is 3.23. The molecule has 1 aliphatic heterocycles. The number of benzene rings is 2. The second-order valence-electron chi connectivity index (χ2n) is 7.60. The highest BCUT2D eigenvalue weighted by Gasteiger charge is 2.68. The van der Waals surface area contributed by atoms with E-state index in [1.807, 2.05) is 12.1 Å². The average molecular weight is 320 g/mol. The predicted octanol–water partition coefficient (Wildman–Crippen LogP) is 3.27. The van der Waals surface area contributed by atoms with Crippen molar-refractivity contribution in [3.05, 3.63) is 70.8 Å². The first kappa shape index (κ1) is 13.6. The van der Waals surface area contributed by atoms with E-state index < -0.39 is 11.4 Å². The molecule has 122 valence electrons. The van der Waals surface area contributed by atoms with Gasteiger partial charge in [-0.1, -0.05) is 48.5 Å². The maximum absolute atomic E-state index is 11.8. The van der Waals surface area contributed by atoms with Crippen molar-refractivity contribution in [2.24, 2.45) is 5.92 Å². The number of hydrogen-bond acceptors (Lipinski definition) is 3. The van der Waals surface area contributed by atoms with Gasteiger partial charge in [-0.2, -0.15) is 0 Å². The topological polar surface area (TPSA) is 38.7 Å². The smallest absolute Gasteiger partial charge is 0.172 e. The van der Waals surface area contributed by atoms with Crippen LogP contribution in [0.5, 0.6) is 0 Å². The molecule has 4 aliphatic rings. The summed E-state index contributed by atoms with van der Waals surface area (Å²) in [6.07, 6.45) is 1.99. The third-order valence-corrected chi connectivity index (χ3v) is 6.81. The summed E-state index contributed by atoms with van der Waals surface area (Å²) in [4.78, 5) is 0. The van der Waals surface area contributed by atoms with Crippen LogP contribution in [0.2, 0.25) is 0 Å². The van der Waals surface area contributed by atoms with Crippen molar-refractivity contribution in [2.75, 3.05) is 13.2 Å². The first-order valence-electron chi connectivity index (χ1n) is 8.95. The van der Waals surface area contributed by atoms with Crippen LogP contribution >= 0.6 is 0 Å². The van der Waals surface area contributed by atoms with E-state index in [-0.39, 0.29) is 11.8 Å². The Morgan fingerprint density at radius 1 is 0.875 bits per heavy atom. The third-order valence-electron chi connectivity index (χ3n) is 6.81. The van der Waals surface area contributed by atoms with E-state index in [1.54, 1.807) is 0 Å². The quantitative estimate of drug-likeness (QED) is 0.810. The fraction of sp³-hybridized carbons (Fsp3) is 0.429. The minimum atomic E-state index is -0.902. The highest BCUT2D eigenvalue weighted by atomic mass is 16.7. The van der Waals surface area contributed by atoms with E-state index in [2.05, 4.69) is 36.4 Å². The first-order valence-corrected chi connectivity index (χ1v) is 8.95. The standard InChI is InChI=1S/C21H20O3/c22-21-16-7-3-1-5-13(16)14-9-10-20(23-11-12-24-20)18(14)19(21)15-6-2-4-8-17(15)21/h1-8,14,18-19,22H,9-12H2/t14-,18+,19+,21+/m1/s1. The Hall–Kier alpha value is -1.68. The Morgan fingerprint density at radius 2 is 1.50 bits per heavy atom. The first-order chi connectivity index (χ1) is 11.8. The molecule has 0 bridgehead atoms. The molecule has 24 heavy (non-hydrogen) atoms. The van der Waals surface area contributed by atoms with Gasteiger partial charge in [0.2, 0.25) is 0 Å². The molecule has 3 aliphatic carbocycles. The minimum absolute atomic E-state index is 0.0641. The zero-order valence-electron chi connectivity index (χ0n) is 13.4. The van der Waals surface area contributed by atoms with E-state index in [9.17, 15) is 5.11 Å². The van der Waals surface area contributed by atoms with Gasteiger partial charge in [-0.3, -0.25) is 0 Å². The molecule has 2 fully saturated rings. The lowest BCUT2D eigenvalue weighted by Gasteiger charge is -2.57. The summed E-state index contributed by atoms with van der Waals surface area (Å²) < 4.78 is 12.3. The van der Waals surface area contributed by atoms with E-state index in [0.29, 0.717) is 19.1 Å². The van der Waals surface area contributed by atoms with E-state index in [0.717, 1.165) is 24.0 Å². The van der Waals surface area contributed by atoms with E-state index in [4.69, 9.17) is 9.47 Å². The van der Waals surface area contributed by atoms with Crippen molar-refractivity contribution < 1.29 is 14.6 Å². The highest BCUT2D eigenvalue weighted by molar-refractivity contribution is 5.61. The minimum Gasteiger partial charge on any atom is -0.380 e. The van der Waals surface area contributed by atoms with Crippen molar-refractivity contribution in [3.63, 3.8) is 0 Å². The molecule has 0 amide bonds. The lowest BCUT2D eigenvalue weighted by molar-refractivity contribution is -0.207. The summed E-state index contributed by atoms with van der Waals surface area (Å²) in [5.41, 5.74) is 3.80. The van der Waals surface area contributed by atoms with Crippen molar-refractivity contribution in [1.29, 1.82) is 0 Å². The van der Waals surface area contributed by atoms with Crippen LogP contribution in [-0.2, 0) is 15.1 Å². The van der Waals surface area contributed by atoms with Crippen molar-refractivity contribution in [1.82, 2.24) is 0 Å². The van der Waals surface area contributed by atoms with Gasteiger partial charge < -0.3 is 14.6 Å². The zero-order chi connectivity index (χ0) is 15.9. The highest BCUT2D eigenvalue weighted by Crippen LogP contribution is 2.70. The van der Waals surface area contributed by atoms with Crippen LogP contribution in [0.15, 0.2) is 48.5 Å². The van der Waals surface area contributed by atoms with Gasteiger partial charge in [0.05, 0.1) is 13.2 Å². The van der Waals surface area contributed by atoms with Gasteiger partial charge in [-0.25, -0.2) is 0 Å². The lowest BCUT2D eigenvalue weighted by atomic mass is 9.50. The maximum atomic E-state index is 11.8. The molecule has 2 aromatic rings. The normalized spacial score (nSPS) is 37.3. The summed E-state index contributed by atoms with van der Waals surface area (Å²) >= 11 is 0. The second-order valence-corrected chi connectivity index (χ2v) is 7.60. The maximum Gasteiger partial charge on any atom is 0.172 e. The van der Waals surface area contributed by atoms with E-state index in [1.165, 1.54) is 11.1 Å². The molecule has 1 saturated carbocycles. The van der Waals surface area contributed by atoms with E-state index >= 15 is 0 Å². The third kappa shape index (κ3) is 1.34. The van der Waals surface area contributed by atoms with Gasteiger partial charge >= 0.3 is 0 Å². The molecule has 1 spiro atoms. The molecule has 1 N–H and O–H groups in total. The molecule has 0 aromatic heterocycles. The monoisotopic (exact) mass is 320 g/mol. The number of hydrogen-bond donors (Lipinski definition) is 1. The van der Waals surface area contributed by atoms with Crippen molar-refractivity contribution in [3.8, 4) is 0 Å². The predicted molar refractivity (Wildman–Crippen MR) is 88.7 cm³/mol. The molecule has 0 radical (unpaired) electrons. The van der Waals surface area contributed by atoms with Crippen LogP contribution in [0, 0.1) is 5.92 Å². The molecule has 4 atom stereocenters. The Bertz CT molecular complexity index is 838. The van der Waals surface area contributed by atoms with Crippen LogP contribution in [0.1, 0.15) is 46.9 Å². The fourth-order valence-electron chi connectivity index (χ4n) is 6.02. The Labute approximate surface area is 141 Å². The second kappa shape index (κ2) is 4.29. The Morgan fingerprint density at radius 3 is 2.25 bits per heavy atom. The van der Waals surface area contributed by atoms with Crippen LogP contribution in [0.4, 0.5) is 0 Å². The van der Waals surface area contributed by atoms with Gasteiger partial charge in [0, 0.05) is 18.3 Å². The SMILES string of the molecule is O[C@]12c3ccccc3[C@H]3CCC4(OCCO4)[C@@H]3[C@@H]1c1ccccc12. The van der Waals surface area contributed by atoms with Crippen LogP contribution in [0.25, 0.3) is 0 Å². The molecule has 3 heteroatoms. The molecular weight excluding hydrogens is 300 g/mol. The van der Waals surface area contributed by atoms with Gasteiger partial charge in [0.15, 0.2) is 5.79 Å². The zero-order valence-corrected chi connectivity index (χ0v) is 13.4. The fourth-order valence-corrected chi connectivity index (χ4v) is 6.02. The van der Waals surface area contributed by atoms with Gasteiger partial charge in [0.25, 0.3) is 0 Å². The van der Waals surface area contributed by atoms with Crippen LogP contribution in [0.3, 0.4) is 0 Å². The molecule has 2 aromatic carbocycles. The lowest BCUT2D eigenvalue weighted by Crippen LogP contribution is -2.57. The number of aliphatic hydroxyl groups is 1. The van der Waals surface area contributed by atoms with Gasteiger partial charge in [-0.05, 0) is 34.6 Å². The summed E-state index contributed by atoms with van der Waals surface area (Å²) in [6.45, 7) is 1.33. The largest absolute Gasteiger partial charge is 0.380 e. The summed E-state index contributed by atoms with van der Waals surface area (Å²) in [5, 5.41) is 11.8. The number of rotatable bonds is 0. The molecule has 0 unspecified atom stereocenters. The summed E-state index contributed by atoms with van der Waals surface area (Å²) in [6, 6.07) is 16.8. The Kier molecular flexibility index (Phi) is 2.43. The molecule has 1 saturated heterocycles. The van der Waals surface area contributed by atoms with Crippen molar-refractivity contribution >= 4 is 0 Å². The Balaban J connectivity index is 1.64. The molecular formula is C21H20O3. The summed E-state index contributed by atoms with van der Waals surface area (Å²) in [5.74, 6) is 0.145. The van der Waals surface area contributed by atoms with Gasteiger partial charge in [-0.15, -0.1) is 0 Å². The number of fused-ring (bicyclic) bond motifs is 10. The van der Waals surface area contributed by atoms with Crippen LogP contribution in [-0.4, -0.2) is 24.1 Å². The number of ether oxygens (including phenoxy) is 2. The van der Waals surface area contributed by atoms with Gasteiger partial charge in [0.1, 0.15) is 5.60 Å². The molecule has 1 heterocycles.